The largest absolute Gasteiger partial charge is 0.383 e. The minimum Gasteiger partial charge on any atom is -0.383 e. The third-order valence-corrected chi connectivity index (χ3v) is 5.24. The number of imide groups is 1. The Balaban J connectivity index is 2.16. The zero-order valence-corrected chi connectivity index (χ0v) is 18.3. The van der Waals surface area contributed by atoms with Gasteiger partial charge in [0.2, 0.25) is 0 Å². The van der Waals surface area contributed by atoms with Crippen LogP contribution in [-0.4, -0.2) is 57.2 Å². The molecule has 1 heterocycles. The average molecular weight is 426 g/mol. The van der Waals surface area contributed by atoms with E-state index in [0.717, 1.165) is 16.0 Å². The topological polar surface area (TPSA) is 59.1 Å². The van der Waals surface area contributed by atoms with E-state index in [2.05, 4.69) is 0 Å². The number of carbonyl (C=O) groups is 2. The van der Waals surface area contributed by atoms with E-state index in [1.54, 1.807) is 14.2 Å². The van der Waals surface area contributed by atoms with Gasteiger partial charge >= 0.3 is 0 Å². The molecule has 0 saturated carbocycles. The second-order valence-corrected chi connectivity index (χ2v) is 7.44. The molecular formula is C24H27FN2O4. The smallest absolute Gasteiger partial charge is 0.282 e. The van der Waals surface area contributed by atoms with Crippen molar-refractivity contribution >= 4 is 23.1 Å². The maximum Gasteiger partial charge on any atom is 0.282 e. The summed E-state index contributed by atoms with van der Waals surface area (Å²) in [5.41, 5.74) is 3.61. The van der Waals surface area contributed by atoms with Crippen LogP contribution in [0, 0.1) is 19.7 Å². The first-order valence-corrected chi connectivity index (χ1v) is 10.1. The number of anilines is 1. The van der Waals surface area contributed by atoms with Gasteiger partial charge < -0.3 is 14.4 Å². The third kappa shape index (κ3) is 4.68. The van der Waals surface area contributed by atoms with Gasteiger partial charge in [-0.1, -0.05) is 23.8 Å². The van der Waals surface area contributed by atoms with Crippen LogP contribution in [0.25, 0.3) is 5.57 Å². The summed E-state index contributed by atoms with van der Waals surface area (Å²) in [6.45, 7) is 5.48. The van der Waals surface area contributed by atoms with Crippen molar-refractivity contribution in [2.75, 3.05) is 45.4 Å². The molecule has 0 unspecified atom stereocenters. The number of amides is 2. The number of methoxy groups -OCH3 is 2. The van der Waals surface area contributed by atoms with Crippen LogP contribution in [0.2, 0.25) is 0 Å². The van der Waals surface area contributed by atoms with E-state index in [1.807, 2.05) is 36.9 Å². The Morgan fingerprint density at radius 3 is 2.06 bits per heavy atom. The molecule has 1 aliphatic rings. The SMILES string of the molecule is COCCN(CCOC)C1=C(c2ccc(C)cc2C)C(=O)N(c2ccc(F)cc2)C1=O. The Bertz CT molecular complexity index is 993. The molecule has 0 bridgehead atoms. The summed E-state index contributed by atoms with van der Waals surface area (Å²) in [5.74, 6) is -1.32. The van der Waals surface area contributed by atoms with Crippen LogP contribution in [0.5, 0.6) is 0 Å². The second-order valence-electron chi connectivity index (χ2n) is 7.44. The molecule has 0 N–H and O–H groups in total. The number of carbonyl (C=O) groups excluding carboxylic acids is 2. The molecule has 0 spiro atoms. The van der Waals surface area contributed by atoms with Crippen molar-refractivity contribution in [3.05, 3.63) is 70.7 Å². The van der Waals surface area contributed by atoms with Gasteiger partial charge in [-0.05, 0) is 49.2 Å². The number of rotatable bonds is 9. The normalized spacial score (nSPS) is 14.0. The lowest BCUT2D eigenvalue weighted by Crippen LogP contribution is -2.37. The Morgan fingerprint density at radius 1 is 0.903 bits per heavy atom. The molecule has 2 aromatic carbocycles. The molecule has 31 heavy (non-hydrogen) atoms. The summed E-state index contributed by atoms with van der Waals surface area (Å²) in [4.78, 5) is 30.1. The number of nitrogens with zero attached hydrogens (tertiary/aromatic N) is 2. The van der Waals surface area contributed by atoms with Crippen molar-refractivity contribution < 1.29 is 23.5 Å². The van der Waals surface area contributed by atoms with Gasteiger partial charge in [0.25, 0.3) is 11.8 Å². The lowest BCUT2D eigenvalue weighted by atomic mass is 9.97. The molecule has 2 amide bonds. The molecule has 2 aromatic rings. The first kappa shape index (κ1) is 22.7. The highest BCUT2D eigenvalue weighted by Gasteiger charge is 2.42. The van der Waals surface area contributed by atoms with Crippen molar-refractivity contribution in [1.82, 2.24) is 4.90 Å². The quantitative estimate of drug-likeness (QED) is 0.576. The molecule has 0 aromatic heterocycles. The highest BCUT2D eigenvalue weighted by atomic mass is 19.1. The van der Waals surface area contributed by atoms with Crippen LogP contribution in [0.4, 0.5) is 10.1 Å². The summed E-state index contributed by atoms with van der Waals surface area (Å²) in [6, 6.07) is 11.1. The van der Waals surface area contributed by atoms with E-state index in [9.17, 15) is 14.0 Å². The molecule has 0 aliphatic carbocycles. The van der Waals surface area contributed by atoms with Crippen molar-refractivity contribution in [3.63, 3.8) is 0 Å². The Labute approximate surface area is 181 Å². The van der Waals surface area contributed by atoms with E-state index in [1.165, 1.54) is 24.3 Å². The van der Waals surface area contributed by atoms with Gasteiger partial charge in [-0.3, -0.25) is 9.59 Å². The maximum atomic E-state index is 13.6. The summed E-state index contributed by atoms with van der Waals surface area (Å²) in [6.07, 6.45) is 0. The summed E-state index contributed by atoms with van der Waals surface area (Å²) >= 11 is 0. The summed E-state index contributed by atoms with van der Waals surface area (Å²) in [5, 5.41) is 0. The van der Waals surface area contributed by atoms with Crippen molar-refractivity contribution in [2.24, 2.45) is 0 Å². The van der Waals surface area contributed by atoms with Crippen molar-refractivity contribution in [2.45, 2.75) is 13.8 Å². The van der Waals surface area contributed by atoms with Crippen LogP contribution in [0.15, 0.2) is 48.2 Å². The number of ether oxygens (including phenoxy) is 2. The van der Waals surface area contributed by atoms with Crippen LogP contribution in [0.1, 0.15) is 16.7 Å². The average Bonchev–Trinajstić information content (AvgIpc) is 2.99. The number of hydrogen-bond donors (Lipinski definition) is 0. The Morgan fingerprint density at radius 2 is 1.52 bits per heavy atom. The van der Waals surface area contributed by atoms with E-state index < -0.39 is 17.6 Å². The fourth-order valence-electron chi connectivity index (χ4n) is 3.71. The fourth-order valence-corrected chi connectivity index (χ4v) is 3.71. The molecule has 0 radical (unpaired) electrons. The van der Waals surface area contributed by atoms with E-state index in [-0.39, 0.29) is 0 Å². The highest BCUT2D eigenvalue weighted by Crippen LogP contribution is 2.36. The Kier molecular flexibility index (Phi) is 7.20. The molecule has 3 rings (SSSR count). The zero-order valence-electron chi connectivity index (χ0n) is 18.3. The highest BCUT2D eigenvalue weighted by molar-refractivity contribution is 6.45. The number of halogens is 1. The van der Waals surface area contributed by atoms with E-state index in [0.29, 0.717) is 48.8 Å². The lowest BCUT2D eigenvalue weighted by Gasteiger charge is -2.25. The Hall–Kier alpha value is -3.03. The van der Waals surface area contributed by atoms with Gasteiger partial charge in [-0.25, -0.2) is 9.29 Å². The van der Waals surface area contributed by atoms with Gasteiger partial charge in [-0.15, -0.1) is 0 Å². The zero-order chi connectivity index (χ0) is 22.5. The van der Waals surface area contributed by atoms with Gasteiger partial charge in [0.05, 0.1) is 24.5 Å². The lowest BCUT2D eigenvalue weighted by molar-refractivity contribution is -0.120. The first-order valence-electron chi connectivity index (χ1n) is 10.1. The molecule has 7 heteroatoms. The van der Waals surface area contributed by atoms with Gasteiger partial charge in [-0.2, -0.15) is 0 Å². The predicted octanol–water partition coefficient (Wildman–Crippen LogP) is 3.32. The summed E-state index contributed by atoms with van der Waals surface area (Å²) < 4.78 is 23.9. The molecule has 0 saturated heterocycles. The van der Waals surface area contributed by atoms with Crippen molar-refractivity contribution in [3.8, 4) is 0 Å². The number of hydrogen-bond acceptors (Lipinski definition) is 5. The molecular weight excluding hydrogens is 399 g/mol. The summed E-state index contributed by atoms with van der Waals surface area (Å²) in [7, 11) is 3.17. The minimum absolute atomic E-state index is 0.301. The molecule has 0 fully saturated rings. The molecule has 1 aliphatic heterocycles. The minimum atomic E-state index is -0.446. The van der Waals surface area contributed by atoms with E-state index in [4.69, 9.17) is 9.47 Å². The fraction of sp³-hybridized carbons (Fsp3) is 0.333. The van der Waals surface area contributed by atoms with Gasteiger partial charge in [0, 0.05) is 27.3 Å². The van der Waals surface area contributed by atoms with Crippen LogP contribution in [-0.2, 0) is 19.1 Å². The number of aryl methyl sites for hydroxylation is 2. The standard InChI is InChI=1S/C24H27FN2O4/c1-16-5-10-20(17(2)15-16)21-22(26(11-13-30-3)12-14-31-4)24(29)27(23(21)28)19-8-6-18(25)7-9-19/h5-10,15H,11-14H2,1-4H3. The first-order chi connectivity index (χ1) is 14.9. The number of benzene rings is 2. The van der Waals surface area contributed by atoms with Crippen LogP contribution < -0.4 is 4.90 Å². The van der Waals surface area contributed by atoms with Gasteiger partial charge in [0.1, 0.15) is 11.5 Å². The van der Waals surface area contributed by atoms with Gasteiger partial charge in [0.15, 0.2) is 0 Å². The predicted molar refractivity (Wildman–Crippen MR) is 117 cm³/mol. The van der Waals surface area contributed by atoms with Crippen LogP contribution in [0.3, 0.4) is 0 Å². The monoisotopic (exact) mass is 426 g/mol. The third-order valence-electron chi connectivity index (χ3n) is 5.24. The molecule has 164 valence electrons. The van der Waals surface area contributed by atoms with Crippen molar-refractivity contribution in [1.29, 1.82) is 0 Å². The molecule has 0 atom stereocenters. The molecule has 6 nitrogen and oxygen atoms in total. The van der Waals surface area contributed by atoms with Crippen LogP contribution >= 0.6 is 0 Å². The van der Waals surface area contributed by atoms with E-state index >= 15 is 0 Å². The second kappa shape index (κ2) is 9.85. The maximum absolute atomic E-state index is 13.6.